The highest BCUT2D eigenvalue weighted by Crippen LogP contribution is 2.18. The van der Waals surface area contributed by atoms with Crippen LogP contribution in [0.4, 0.5) is 0 Å². The first kappa shape index (κ1) is 13.9. The van der Waals surface area contributed by atoms with Gasteiger partial charge in [0.05, 0.1) is 5.69 Å². The molecule has 0 bridgehead atoms. The molecule has 0 aromatic carbocycles. The molecule has 21 heavy (non-hydrogen) atoms. The number of nitrogens with one attached hydrogen (secondary N) is 2. The minimum Gasteiger partial charge on any atom is -0.361 e. The number of H-pyrrole nitrogens is 1. The van der Waals surface area contributed by atoms with E-state index in [2.05, 4.69) is 20.4 Å². The summed E-state index contributed by atoms with van der Waals surface area (Å²) in [5, 5.41) is 7.05. The van der Waals surface area contributed by atoms with Gasteiger partial charge in [0.1, 0.15) is 11.5 Å². The first-order chi connectivity index (χ1) is 10.1. The molecule has 0 spiro atoms. The van der Waals surface area contributed by atoms with Crippen LogP contribution in [0.3, 0.4) is 0 Å². The molecule has 0 saturated carbocycles. The third kappa shape index (κ3) is 3.00. The normalized spacial score (nSPS) is 19.0. The number of hydrogen-bond acceptors (Lipinski definition) is 4. The Hall–Kier alpha value is -2.08. The number of carbonyl (C=O) groups is 1. The molecule has 1 atom stereocenters. The zero-order valence-corrected chi connectivity index (χ0v) is 12.3. The average molecular weight is 288 g/mol. The quantitative estimate of drug-likeness (QED) is 0.896. The lowest BCUT2D eigenvalue weighted by Crippen LogP contribution is -2.37. The Balaban J connectivity index is 1.55. The summed E-state index contributed by atoms with van der Waals surface area (Å²) in [7, 11) is 0. The second-order valence-electron chi connectivity index (χ2n) is 5.58. The van der Waals surface area contributed by atoms with Crippen LogP contribution in [0.5, 0.6) is 0 Å². The number of aryl methyl sites for hydroxylation is 2. The van der Waals surface area contributed by atoms with Gasteiger partial charge < -0.3 is 14.8 Å². The van der Waals surface area contributed by atoms with Crippen LogP contribution in [0.15, 0.2) is 22.9 Å². The second kappa shape index (κ2) is 5.73. The fourth-order valence-electron chi connectivity index (χ4n) is 2.78. The third-order valence-electron chi connectivity index (χ3n) is 4.01. The maximum absolute atomic E-state index is 12.0. The van der Waals surface area contributed by atoms with Crippen molar-refractivity contribution >= 4 is 5.91 Å². The van der Waals surface area contributed by atoms with E-state index in [1.54, 1.807) is 12.3 Å². The van der Waals surface area contributed by atoms with Crippen molar-refractivity contribution in [2.24, 2.45) is 0 Å². The van der Waals surface area contributed by atoms with Gasteiger partial charge >= 0.3 is 0 Å². The molecular formula is C15H20N4O2. The Morgan fingerprint density at radius 1 is 1.57 bits per heavy atom. The predicted molar refractivity (Wildman–Crippen MR) is 77.9 cm³/mol. The van der Waals surface area contributed by atoms with E-state index in [9.17, 15) is 4.79 Å². The van der Waals surface area contributed by atoms with Gasteiger partial charge in [-0.05, 0) is 32.4 Å². The molecule has 2 aromatic heterocycles. The maximum atomic E-state index is 12.0. The minimum atomic E-state index is -0.0378. The molecule has 1 aliphatic rings. The summed E-state index contributed by atoms with van der Waals surface area (Å²) in [6, 6.07) is 3.81. The number of aromatic amines is 1. The SMILES string of the molecule is Cc1noc(C)c1CN1CCC(NC(=O)c2ccc[nH]2)C1. The number of aromatic nitrogens is 2. The molecule has 6 heteroatoms. The molecule has 3 heterocycles. The van der Waals surface area contributed by atoms with E-state index in [0.717, 1.165) is 43.1 Å². The predicted octanol–water partition coefficient (Wildman–Crippen LogP) is 1.62. The summed E-state index contributed by atoms with van der Waals surface area (Å²) < 4.78 is 5.20. The van der Waals surface area contributed by atoms with Crippen LogP contribution < -0.4 is 5.32 Å². The molecule has 1 amide bonds. The summed E-state index contributed by atoms with van der Waals surface area (Å²) >= 11 is 0. The smallest absolute Gasteiger partial charge is 0.267 e. The molecular weight excluding hydrogens is 268 g/mol. The first-order valence-electron chi connectivity index (χ1n) is 7.22. The van der Waals surface area contributed by atoms with Gasteiger partial charge in [0, 0.05) is 37.4 Å². The standard InChI is InChI=1S/C15H20N4O2/c1-10-13(11(2)21-18-10)9-19-7-5-12(8-19)17-15(20)14-4-3-6-16-14/h3-4,6,12,16H,5,7-9H2,1-2H3,(H,17,20). The van der Waals surface area contributed by atoms with Gasteiger partial charge in [-0.15, -0.1) is 0 Å². The summed E-state index contributed by atoms with van der Waals surface area (Å²) in [6.07, 6.45) is 2.73. The van der Waals surface area contributed by atoms with E-state index in [4.69, 9.17) is 4.52 Å². The van der Waals surface area contributed by atoms with Crippen molar-refractivity contribution in [1.82, 2.24) is 20.4 Å². The Bertz CT molecular complexity index is 598. The van der Waals surface area contributed by atoms with Gasteiger partial charge in [0.15, 0.2) is 0 Å². The molecule has 0 aliphatic carbocycles. The van der Waals surface area contributed by atoms with Crippen LogP contribution in [-0.4, -0.2) is 40.1 Å². The Labute approximate surface area is 123 Å². The molecule has 3 rings (SSSR count). The van der Waals surface area contributed by atoms with E-state index in [1.165, 1.54) is 0 Å². The van der Waals surface area contributed by atoms with Crippen LogP contribution in [0.25, 0.3) is 0 Å². The highest BCUT2D eigenvalue weighted by atomic mass is 16.5. The largest absolute Gasteiger partial charge is 0.361 e. The topological polar surface area (TPSA) is 74.2 Å². The van der Waals surface area contributed by atoms with Gasteiger partial charge in [-0.3, -0.25) is 9.69 Å². The molecule has 1 unspecified atom stereocenters. The molecule has 2 aromatic rings. The van der Waals surface area contributed by atoms with Crippen LogP contribution in [0.1, 0.15) is 33.9 Å². The van der Waals surface area contributed by atoms with Crippen LogP contribution >= 0.6 is 0 Å². The summed E-state index contributed by atoms with van der Waals surface area (Å²) in [4.78, 5) is 17.3. The van der Waals surface area contributed by atoms with E-state index >= 15 is 0 Å². The molecule has 2 N–H and O–H groups in total. The van der Waals surface area contributed by atoms with E-state index in [-0.39, 0.29) is 11.9 Å². The fraction of sp³-hybridized carbons (Fsp3) is 0.467. The van der Waals surface area contributed by atoms with Gasteiger partial charge in [0.25, 0.3) is 5.91 Å². The van der Waals surface area contributed by atoms with Crippen molar-refractivity contribution in [3.8, 4) is 0 Å². The number of hydrogen-bond donors (Lipinski definition) is 2. The molecule has 1 fully saturated rings. The maximum Gasteiger partial charge on any atom is 0.267 e. The molecule has 0 radical (unpaired) electrons. The van der Waals surface area contributed by atoms with Gasteiger partial charge in [0.2, 0.25) is 0 Å². The Morgan fingerprint density at radius 2 is 2.43 bits per heavy atom. The number of likely N-dealkylation sites (tertiary alicyclic amines) is 1. The Morgan fingerprint density at radius 3 is 3.10 bits per heavy atom. The number of amides is 1. The monoisotopic (exact) mass is 288 g/mol. The van der Waals surface area contributed by atoms with E-state index in [1.807, 2.05) is 19.9 Å². The fourth-order valence-corrected chi connectivity index (χ4v) is 2.78. The number of carbonyl (C=O) groups excluding carboxylic acids is 1. The van der Waals surface area contributed by atoms with E-state index < -0.39 is 0 Å². The van der Waals surface area contributed by atoms with Gasteiger partial charge in [-0.2, -0.15) is 0 Å². The second-order valence-corrected chi connectivity index (χ2v) is 5.58. The van der Waals surface area contributed by atoms with Crippen LogP contribution in [0.2, 0.25) is 0 Å². The lowest BCUT2D eigenvalue weighted by Gasteiger charge is -2.16. The van der Waals surface area contributed by atoms with Crippen LogP contribution in [0, 0.1) is 13.8 Å². The van der Waals surface area contributed by atoms with Crippen molar-refractivity contribution in [1.29, 1.82) is 0 Å². The first-order valence-corrected chi connectivity index (χ1v) is 7.22. The third-order valence-corrected chi connectivity index (χ3v) is 4.01. The van der Waals surface area contributed by atoms with Gasteiger partial charge in [-0.1, -0.05) is 5.16 Å². The van der Waals surface area contributed by atoms with Gasteiger partial charge in [-0.25, -0.2) is 0 Å². The van der Waals surface area contributed by atoms with Crippen LogP contribution in [-0.2, 0) is 6.54 Å². The summed E-state index contributed by atoms with van der Waals surface area (Å²) in [5.41, 5.74) is 2.72. The number of rotatable bonds is 4. The minimum absolute atomic E-state index is 0.0378. The lowest BCUT2D eigenvalue weighted by atomic mass is 10.2. The highest BCUT2D eigenvalue weighted by Gasteiger charge is 2.25. The highest BCUT2D eigenvalue weighted by molar-refractivity contribution is 5.92. The van der Waals surface area contributed by atoms with Crippen molar-refractivity contribution < 1.29 is 9.32 Å². The number of nitrogens with zero attached hydrogens (tertiary/aromatic N) is 2. The van der Waals surface area contributed by atoms with E-state index in [0.29, 0.717) is 5.69 Å². The molecule has 112 valence electrons. The molecule has 1 saturated heterocycles. The summed E-state index contributed by atoms with van der Waals surface area (Å²) in [6.45, 7) is 6.56. The van der Waals surface area contributed by atoms with Crippen molar-refractivity contribution in [2.45, 2.75) is 32.9 Å². The van der Waals surface area contributed by atoms with Crippen molar-refractivity contribution in [3.05, 3.63) is 41.0 Å². The molecule has 6 nitrogen and oxygen atoms in total. The van der Waals surface area contributed by atoms with Crippen molar-refractivity contribution in [3.63, 3.8) is 0 Å². The molecule has 1 aliphatic heterocycles. The average Bonchev–Trinajstić information content (AvgIpc) is 3.17. The lowest BCUT2D eigenvalue weighted by molar-refractivity contribution is 0.0933. The zero-order chi connectivity index (χ0) is 14.8. The van der Waals surface area contributed by atoms with Crippen molar-refractivity contribution in [2.75, 3.05) is 13.1 Å². The summed E-state index contributed by atoms with van der Waals surface area (Å²) in [5.74, 6) is 0.843. The zero-order valence-electron chi connectivity index (χ0n) is 12.3. The Kier molecular flexibility index (Phi) is 3.79.